The molecule has 0 aromatic heterocycles. The third kappa shape index (κ3) is 5.54. The van der Waals surface area contributed by atoms with Gasteiger partial charge in [-0.2, -0.15) is 0 Å². The second-order valence-electron chi connectivity index (χ2n) is 5.19. The summed E-state index contributed by atoms with van der Waals surface area (Å²) in [5.74, 6) is -0.547. The Morgan fingerprint density at radius 2 is 1.92 bits per heavy atom. The van der Waals surface area contributed by atoms with Crippen LogP contribution in [0.1, 0.15) is 19.4 Å². The number of benzene rings is 1. The monoisotopic (exact) mass is 376 g/mol. The molecule has 24 heavy (non-hydrogen) atoms. The number of ether oxygens (including phenoxy) is 2. The minimum Gasteiger partial charge on any atom is -0.495 e. The molecular weight excluding hydrogens is 355 g/mol. The maximum Gasteiger partial charge on any atom is 0.310 e. The van der Waals surface area contributed by atoms with Crippen molar-refractivity contribution in [1.29, 1.82) is 0 Å². The van der Waals surface area contributed by atoms with E-state index >= 15 is 0 Å². The van der Waals surface area contributed by atoms with Crippen molar-refractivity contribution in [3.8, 4) is 5.75 Å². The fraction of sp³-hybridized carbons (Fsp3) is 0.500. The van der Waals surface area contributed by atoms with Gasteiger partial charge in [0.2, 0.25) is 5.91 Å². The van der Waals surface area contributed by atoms with Crippen LogP contribution in [0, 0.1) is 5.92 Å². The number of hydrogen-bond acceptors (Lipinski definition) is 5. The zero-order valence-electron chi connectivity index (χ0n) is 14.2. The molecule has 8 heteroatoms. The summed E-state index contributed by atoms with van der Waals surface area (Å²) in [5, 5.41) is 2.10. The van der Waals surface area contributed by atoms with E-state index in [1.165, 1.54) is 12.1 Å². The van der Waals surface area contributed by atoms with Gasteiger partial charge in [0.1, 0.15) is 5.75 Å². The lowest BCUT2D eigenvalue weighted by molar-refractivity contribution is -0.148. The van der Waals surface area contributed by atoms with Gasteiger partial charge < -0.3 is 9.47 Å². The summed E-state index contributed by atoms with van der Waals surface area (Å²) in [6.07, 6.45) is 0.0137. The van der Waals surface area contributed by atoms with E-state index in [1.807, 2.05) is 0 Å². The van der Waals surface area contributed by atoms with Crippen LogP contribution in [0.15, 0.2) is 12.1 Å². The summed E-state index contributed by atoms with van der Waals surface area (Å²) < 4.78 is 10.1. The lowest BCUT2D eigenvalue weighted by atomic mass is 10.1. The molecule has 0 aliphatic carbocycles. The Bertz CT molecular complexity index is 596. The van der Waals surface area contributed by atoms with E-state index in [-0.39, 0.29) is 30.8 Å². The normalized spacial score (nSPS) is 11.8. The Morgan fingerprint density at radius 1 is 1.29 bits per heavy atom. The number of methoxy groups -OCH3 is 1. The first-order valence-corrected chi connectivity index (χ1v) is 8.24. The molecule has 0 saturated heterocycles. The SMILES string of the molecule is CCOC(=O)C(C)CNN(C)C(=O)Cc1c(Cl)ccc(Cl)c1OC. The fourth-order valence-corrected chi connectivity index (χ4v) is 2.43. The van der Waals surface area contributed by atoms with Crippen LogP contribution in [0.3, 0.4) is 0 Å². The summed E-state index contributed by atoms with van der Waals surface area (Å²) in [6, 6.07) is 3.23. The van der Waals surface area contributed by atoms with Crippen LogP contribution in [0.25, 0.3) is 0 Å². The molecule has 1 unspecified atom stereocenters. The summed E-state index contributed by atoms with van der Waals surface area (Å²) in [6.45, 7) is 4.07. The lowest BCUT2D eigenvalue weighted by Gasteiger charge is -2.21. The quantitative estimate of drug-likeness (QED) is 0.557. The number of halogens is 2. The topological polar surface area (TPSA) is 67.9 Å². The standard InChI is InChI=1S/C16H22Cl2N2O4/c1-5-24-16(22)10(2)9-19-20(3)14(21)8-11-12(17)6-7-13(18)15(11)23-4/h6-7,10,19H,5,8-9H2,1-4H3. The summed E-state index contributed by atoms with van der Waals surface area (Å²) in [5.41, 5.74) is 3.40. The van der Waals surface area contributed by atoms with Crippen LogP contribution >= 0.6 is 23.2 Å². The van der Waals surface area contributed by atoms with Crippen molar-refractivity contribution in [2.75, 3.05) is 27.3 Å². The van der Waals surface area contributed by atoms with Gasteiger partial charge in [-0.15, -0.1) is 0 Å². The lowest BCUT2D eigenvalue weighted by Crippen LogP contribution is -2.43. The molecule has 0 aliphatic heterocycles. The molecule has 1 aromatic rings. The average Bonchev–Trinajstić information content (AvgIpc) is 2.55. The number of carbonyl (C=O) groups is 2. The first-order valence-electron chi connectivity index (χ1n) is 7.49. The van der Waals surface area contributed by atoms with Gasteiger partial charge in [-0.1, -0.05) is 30.1 Å². The third-order valence-corrected chi connectivity index (χ3v) is 4.04. The largest absolute Gasteiger partial charge is 0.495 e. The van der Waals surface area contributed by atoms with Crippen molar-refractivity contribution in [3.05, 3.63) is 27.7 Å². The Kier molecular flexibility index (Phi) is 8.31. The zero-order chi connectivity index (χ0) is 18.3. The van der Waals surface area contributed by atoms with E-state index in [9.17, 15) is 9.59 Å². The van der Waals surface area contributed by atoms with E-state index in [4.69, 9.17) is 32.7 Å². The maximum absolute atomic E-state index is 12.3. The number of likely N-dealkylation sites (N-methyl/N-ethyl adjacent to an activating group) is 1. The minimum atomic E-state index is -0.371. The van der Waals surface area contributed by atoms with Gasteiger partial charge in [0.15, 0.2) is 0 Å². The van der Waals surface area contributed by atoms with Crippen molar-refractivity contribution in [1.82, 2.24) is 10.4 Å². The van der Waals surface area contributed by atoms with Crippen LogP contribution in [0.2, 0.25) is 10.0 Å². The molecule has 0 bridgehead atoms. The van der Waals surface area contributed by atoms with Crippen molar-refractivity contribution < 1.29 is 19.1 Å². The van der Waals surface area contributed by atoms with Crippen molar-refractivity contribution >= 4 is 35.1 Å². The minimum absolute atomic E-state index is 0.0137. The van der Waals surface area contributed by atoms with E-state index in [0.29, 0.717) is 28.0 Å². The van der Waals surface area contributed by atoms with E-state index in [0.717, 1.165) is 0 Å². The van der Waals surface area contributed by atoms with Gasteiger partial charge in [0.05, 0.1) is 31.1 Å². The molecule has 6 nitrogen and oxygen atoms in total. The summed E-state index contributed by atoms with van der Waals surface area (Å²) >= 11 is 12.2. The molecule has 0 radical (unpaired) electrons. The molecule has 0 fully saturated rings. The second kappa shape index (κ2) is 9.71. The maximum atomic E-state index is 12.3. The smallest absolute Gasteiger partial charge is 0.310 e. The van der Waals surface area contributed by atoms with Gasteiger partial charge in [-0.25, -0.2) is 5.43 Å². The predicted molar refractivity (Wildman–Crippen MR) is 93.3 cm³/mol. The molecule has 0 saturated carbocycles. The van der Waals surface area contributed by atoms with Crippen molar-refractivity contribution in [2.45, 2.75) is 20.3 Å². The molecule has 1 aromatic carbocycles. The summed E-state index contributed by atoms with van der Waals surface area (Å²) in [7, 11) is 3.04. The van der Waals surface area contributed by atoms with Crippen LogP contribution in [-0.2, 0) is 20.7 Å². The van der Waals surface area contributed by atoms with Gasteiger partial charge in [0, 0.05) is 24.2 Å². The second-order valence-corrected chi connectivity index (χ2v) is 6.00. The summed E-state index contributed by atoms with van der Waals surface area (Å²) in [4.78, 5) is 23.9. The third-order valence-electron chi connectivity index (χ3n) is 3.39. The van der Waals surface area contributed by atoms with Crippen LogP contribution in [0.5, 0.6) is 5.75 Å². The van der Waals surface area contributed by atoms with Crippen molar-refractivity contribution in [2.24, 2.45) is 5.92 Å². The number of hydrazine groups is 1. The fourth-order valence-electron chi connectivity index (χ4n) is 1.96. The van der Waals surface area contributed by atoms with Gasteiger partial charge in [-0.3, -0.25) is 14.6 Å². The average molecular weight is 377 g/mol. The Labute approximate surface area is 152 Å². The van der Waals surface area contributed by atoms with Gasteiger partial charge >= 0.3 is 5.97 Å². The first kappa shape index (κ1) is 20.5. The highest BCUT2D eigenvalue weighted by Gasteiger charge is 2.20. The first-order chi connectivity index (χ1) is 11.3. The molecule has 0 aliphatic rings. The zero-order valence-corrected chi connectivity index (χ0v) is 15.7. The molecule has 1 N–H and O–H groups in total. The number of esters is 1. The van der Waals surface area contributed by atoms with Crippen molar-refractivity contribution in [3.63, 3.8) is 0 Å². The predicted octanol–water partition coefficient (Wildman–Crippen LogP) is 2.71. The number of nitrogens with one attached hydrogen (secondary N) is 1. The molecule has 1 rings (SSSR count). The highest BCUT2D eigenvalue weighted by molar-refractivity contribution is 6.35. The highest BCUT2D eigenvalue weighted by atomic mass is 35.5. The molecule has 0 spiro atoms. The van der Waals surface area contributed by atoms with E-state index < -0.39 is 0 Å². The number of amides is 1. The highest BCUT2D eigenvalue weighted by Crippen LogP contribution is 2.34. The molecule has 134 valence electrons. The number of hydrogen-bond donors (Lipinski definition) is 1. The van der Waals surface area contributed by atoms with Crippen LogP contribution < -0.4 is 10.2 Å². The van der Waals surface area contributed by atoms with Gasteiger partial charge in [0.25, 0.3) is 0 Å². The molecule has 1 atom stereocenters. The number of carbonyl (C=O) groups excluding carboxylic acids is 2. The molecule has 0 heterocycles. The number of nitrogens with zero attached hydrogens (tertiary/aromatic N) is 1. The van der Waals surface area contributed by atoms with Crippen LogP contribution in [-0.4, -0.2) is 44.2 Å². The van der Waals surface area contributed by atoms with Gasteiger partial charge in [-0.05, 0) is 19.1 Å². The molecule has 1 amide bonds. The van der Waals surface area contributed by atoms with E-state index in [1.54, 1.807) is 33.0 Å². The van der Waals surface area contributed by atoms with Crippen LogP contribution in [0.4, 0.5) is 0 Å². The Morgan fingerprint density at radius 3 is 2.50 bits per heavy atom. The number of rotatable bonds is 8. The van der Waals surface area contributed by atoms with E-state index in [2.05, 4.69) is 5.43 Å². The molecular formula is C16H22Cl2N2O4. The Balaban J connectivity index is 2.68. The Hall–Kier alpha value is -1.50.